The predicted molar refractivity (Wildman–Crippen MR) is 212 cm³/mol. The summed E-state index contributed by atoms with van der Waals surface area (Å²) in [5.74, 6) is 2.34. The number of anilines is 4. The molecule has 2 N–H and O–H groups in total. The summed E-state index contributed by atoms with van der Waals surface area (Å²) in [6.45, 7) is 2.26. The summed E-state index contributed by atoms with van der Waals surface area (Å²) >= 11 is 0. The lowest BCUT2D eigenvalue weighted by Gasteiger charge is -2.22. The van der Waals surface area contributed by atoms with Crippen LogP contribution in [0.2, 0.25) is 0 Å². The Morgan fingerprint density at radius 2 is 1.31 bits per heavy atom. The Balaban J connectivity index is 1.18. The summed E-state index contributed by atoms with van der Waals surface area (Å²) < 4.78 is 31.1. The number of hydrogen-bond acceptors (Lipinski definition) is 11. The fourth-order valence-corrected chi connectivity index (χ4v) is 6.45. The van der Waals surface area contributed by atoms with Gasteiger partial charge in [0.15, 0.2) is 0 Å². The smallest absolute Gasteiger partial charge is 0.227 e. The van der Waals surface area contributed by atoms with Crippen LogP contribution in [0.25, 0.3) is 22.5 Å². The summed E-state index contributed by atoms with van der Waals surface area (Å²) in [6, 6.07) is 31.8. The fourth-order valence-electron chi connectivity index (χ4n) is 6.45. The molecule has 0 spiro atoms. The van der Waals surface area contributed by atoms with Crippen molar-refractivity contribution in [3.8, 4) is 34.0 Å². The third-order valence-corrected chi connectivity index (χ3v) is 9.02. The number of hydrogen-bond donors (Lipinski definition) is 2. The Labute approximate surface area is 319 Å². The monoisotopic (exact) mass is 732 g/mol. The van der Waals surface area contributed by atoms with E-state index in [1.54, 1.807) is 19.5 Å². The van der Waals surface area contributed by atoms with Gasteiger partial charge in [-0.15, -0.1) is 0 Å². The maximum Gasteiger partial charge on any atom is 0.227 e. The second-order valence-corrected chi connectivity index (χ2v) is 12.9. The highest BCUT2D eigenvalue weighted by Crippen LogP contribution is 2.38. The van der Waals surface area contributed by atoms with Crippen molar-refractivity contribution < 1.29 is 23.7 Å². The van der Waals surface area contributed by atoms with Crippen molar-refractivity contribution in [1.29, 1.82) is 0 Å². The zero-order valence-corrected chi connectivity index (χ0v) is 30.4. The third-order valence-electron chi connectivity index (χ3n) is 9.02. The average Bonchev–Trinajstić information content (AvgIpc) is 3.21. The number of rotatable bonds is 2. The van der Waals surface area contributed by atoms with E-state index >= 15 is 0 Å². The molecule has 2 aromatic heterocycles. The summed E-state index contributed by atoms with van der Waals surface area (Å²) in [4.78, 5) is 18.7. The van der Waals surface area contributed by atoms with Gasteiger partial charge in [0.2, 0.25) is 11.9 Å². The molecule has 1 unspecified atom stereocenters. The summed E-state index contributed by atoms with van der Waals surface area (Å²) in [5, 5.41) is 6.71. The second kappa shape index (κ2) is 17.2. The van der Waals surface area contributed by atoms with E-state index in [4.69, 9.17) is 33.7 Å². The molecule has 0 amide bonds. The quantitative estimate of drug-likeness (QED) is 0.166. The molecule has 6 aromatic rings. The largest absolute Gasteiger partial charge is 0.496 e. The molecule has 55 heavy (non-hydrogen) atoms. The van der Waals surface area contributed by atoms with E-state index in [1.807, 2.05) is 109 Å². The van der Waals surface area contributed by atoms with Crippen molar-refractivity contribution in [2.45, 2.75) is 25.9 Å². The lowest BCUT2D eigenvalue weighted by molar-refractivity contribution is 0.0694. The predicted octanol–water partition coefficient (Wildman–Crippen LogP) is 8.91. The van der Waals surface area contributed by atoms with Crippen LogP contribution in [0.15, 0.2) is 134 Å². The van der Waals surface area contributed by atoms with Crippen LogP contribution in [0.5, 0.6) is 11.5 Å². The van der Waals surface area contributed by atoms with Crippen LogP contribution in [-0.4, -0.2) is 46.9 Å². The van der Waals surface area contributed by atoms with Crippen LogP contribution in [0.4, 0.5) is 23.3 Å². The van der Waals surface area contributed by atoms with Crippen LogP contribution in [0.1, 0.15) is 28.4 Å². The number of methoxy groups -OCH3 is 1. The molecule has 12 bridgehead atoms. The lowest BCUT2D eigenvalue weighted by atomic mass is 9.97. The van der Waals surface area contributed by atoms with Gasteiger partial charge < -0.3 is 34.3 Å². The van der Waals surface area contributed by atoms with Gasteiger partial charge >= 0.3 is 0 Å². The van der Waals surface area contributed by atoms with Crippen LogP contribution in [0, 0.1) is 0 Å². The minimum atomic E-state index is -0.536. The molecule has 4 aromatic carbocycles. The zero-order valence-electron chi connectivity index (χ0n) is 30.4. The van der Waals surface area contributed by atoms with Gasteiger partial charge in [-0.25, -0.2) is 19.9 Å². The Kier molecular flexibility index (Phi) is 11.1. The van der Waals surface area contributed by atoms with Crippen molar-refractivity contribution in [3.05, 3.63) is 156 Å². The van der Waals surface area contributed by atoms with Crippen LogP contribution in [-0.2, 0) is 34.0 Å². The molecule has 11 heteroatoms. The third kappa shape index (κ3) is 9.05. The molecule has 2 aliphatic heterocycles. The topological polar surface area (TPSA) is 122 Å². The molecule has 8 rings (SSSR count). The van der Waals surface area contributed by atoms with E-state index in [9.17, 15) is 0 Å². The van der Waals surface area contributed by atoms with Gasteiger partial charge in [-0.05, 0) is 77.9 Å². The molecule has 0 aliphatic carbocycles. The SMILES string of the molecule is COc1c2cc(cc1C1/C=C\COc3cccc(c3)-c3ccnc(n3)Nc3cccc(c3)CO1)-c1ccnc(n1)Nc1cccc(c1)COC/C=C/COC2. The first-order valence-corrected chi connectivity index (χ1v) is 18.1. The number of aromatic nitrogens is 4. The normalized spacial score (nSPS) is 17.1. The molecular weight excluding hydrogens is 693 g/mol. The van der Waals surface area contributed by atoms with Crippen molar-refractivity contribution in [1.82, 2.24) is 19.9 Å². The van der Waals surface area contributed by atoms with Gasteiger partial charge in [-0.2, -0.15) is 0 Å². The Morgan fingerprint density at radius 3 is 2.04 bits per heavy atom. The molecule has 2 aliphatic rings. The molecule has 276 valence electrons. The van der Waals surface area contributed by atoms with Crippen LogP contribution < -0.4 is 20.1 Å². The van der Waals surface area contributed by atoms with Crippen LogP contribution >= 0.6 is 0 Å². The molecule has 0 radical (unpaired) electrons. The Hall–Kier alpha value is -6.40. The number of ether oxygens (including phenoxy) is 5. The Bertz CT molecular complexity index is 2330. The van der Waals surface area contributed by atoms with E-state index in [0.29, 0.717) is 63.0 Å². The summed E-state index contributed by atoms with van der Waals surface area (Å²) in [7, 11) is 1.67. The van der Waals surface area contributed by atoms with Crippen LogP contribution in [0.3, 0.4) is 0 Å². The van der Waals surface area contributed by atoms with Gasteiger partial charge in [-0.1, -0.05) is 54.6 Å². The first-order chi connectivity index (χ1) is 27.2. The highest BCUT2D eigenvalue weighted by atomic mass is 16.5. The molecule has 1 atom stereocenters. The standard InChI is InChI=1S/C44H40N6O5/c1-51-42-34-24-33(40-16-18-46-44(50-40)47-35-11-4-8-30(22-35)27-52-19-2-3-20-53-29-34)26-38(42)41-14-7-21-54-37-13-6-10-32(25-37)39-15-17-45-43(49-39)48-36-12-5-9-31(23-36)28-55-41/h2-18,22-26,41H,19-21,27-29H2,1H3,(H,45,48,49)(H,46,47,50)/b3-2+,14-7-. The van der Waals surface area contributed by atoms with Gasteiger partial charge in [0.05, 0.1) is 51.5 Å². The van der Waals surface area contributed by atoms with Crippen molar-refractivity contribution in [2.75, 3.05) is 37.6 Å². The van der Waals surface area contributed by atoms with Crippen molar-refractivity contribution >= 4 is 23.3 Å². The number of fused-ring (bicyclic) bond motifs is 14. The zero-order chi connectivity index (χ0) is 37.2. The highest BCUT2D eigenvalue weighted by molar-refractivity contribution is 5.67. The molecule has 11 nitrogen and oxygen atoms in total. The van der Waals surface area contributed by atoms with Crippen molar-refractivity contribution in [3.63, 3.8) is 0 Å². The Morgan fingerprint density at radius 1 is 0.636 bits per heavy atom. The first-order valence-electron chi connectivity index (χ1n) is 18.1. The van der Waals surface area contributed by atoms with Gasteiger partial charge in [-0.3, -0.25) is 0 Å². The van der Waals surface area contributed by atoms with Gasteiger partial charge in [0, 0.05) is 46.0 Å². The minimum Gasteiger partial charge on any atom is -0.496 e. The average molecular weight is 733 g/mol. The molecule has 0 fully saturated rings. The fraction of sp³-hybridized carbons (Fsp3) is 0.182. The maximum atomic E-state index is 6.75. The molecule has 0 saturated heterocycles. The number of nitrogens with zero attached hydrogens (tertiary/aromatic N) is 4. The molecule has 0 saturated carbocycles. The summed E-state index contributed by atoms with van der Waals surface area (Å²) in [5.41, 5.74) is 8.68. The molecule has 4 heterocycles. The van der Waals surface area contributed by atoms with E-state index < -0.39 is 6.10 Å². The van der Waals surface area contributed by atoms with E-state index in [-0.39, 0.29) is 0 Å². The molecular formula is C44H40N6O5. The maximum absolute atomic E-state index is 6.75. The minimum absolute atomic E-state index is 0.294. The van der Waals surface area contributed by atoms with E-state index in [1.165, 1.54) is 0 Å². The first kappa shape index (κ1) is 35.6. The second-order valence-electron chi connectivity index (χ2n) is 12.9. The van der Waals surface area contributed by atoms with Gasteiger partial charge in [0.1, 0.15) is 24.2 Å². The highest BCUT2D eigenvalue weighted by Gasteiger charge is 2.21. The van der Waals surface area contributed by atoms with Gasteiger partial charge in [0.25, 0.3) is 0 Å². The van der Waals surface area contributed by atoms with E-state index in [0.717, 1.165) is 56.1 Å². The number of benzene rings is 4. The number of nitrogens with one attached hydrogen (secondary N) is 2. The van der Waals surface area contributed by atoms with Crippen molar-refractivity contribution in [2.24, 2.45) is 0 Å². The summed E-state index contributed by atoms with van der Waals surface area (Å²) in [6.07, 6.45) is 10.9. The van der Waals surface area contributed by atoms with E-state index in [2.05, 4.69) is 32.7 Å². The lowest BCUT2D eigenvalue weighted by Crippen LogP contribution is -2.09.